The summed E-state index contributed by atoms with van der Waals surface area (Å²) in [5, 5.41) is 6.52. The van der Waals surface area contributed by atoms with E-state index in [4.69, 9.17) is 16.3 Å². The Labute approximate surface area is 206 Å². The van der Waals surface area contributed by atoms with Crippen LogP contribution >= 0.6 is 11.6 Å². The average Bonchev–Trinajstić information content (AvgIpc) is 3.18. The molecule has 1 fully saturated rings. The first kappa shape index (κ1) is 24.5. The molecule has 2 heterocycles. The number of carbonyl (C=O) groups is 2. The van der Waals surface area contributed by atoms with Crippen LogP contribution in [0.1, 0.15) is 30.9 Å². The van der Waals surface area contributed by atoms with Crippen LogP contribution in [0.4, 0.5) is 16.2 Å². The van der Waals surface area contributed by atoms with Gasteiger partial charge in [-0.25, -0.2) is 4.79 Å². The Balaban J connectivity index is 1.47. The highest BCUT2D eigenvalue weighted by Crippen LogP contribution is 2.25. The minimum Gasteiger partial charge on any atom is -0.376 e. The number of nitrogens with zero attached hydrogens (tertiary/aromatic N) is 2. The number of urea groups is 1. The Hall–Kier alpha value is -2.61. The third-order valence-corrected chi connectivity index (χ3v) is 6.73. The highest BCUT2D eigenvalue weighted by Gasteiger charge is 2.40. The molecule has 4 rings (SSSR count). The van der Waals surface area contributed by atoms with Crippen molar-refractivity contribution in [2.45, 2.75) is 44.8 Å². The van der Waals surface area contributed by atoms with E-state index < -0.39 is 6.04 Å². The van der Waals surface area contributed by atoms with Crippen molar-refractivity contribution in [1.29, 1.82) is 0 Å². The molecule has 2 aromatic carbocycles. The number of halogens is 1. The van der Waals surface area contributed by atoms with Crippen LogP contribution in [-0.4, -0.2) is 67.2 Å². The van der Waals surface area contributed by atoms with Gasteiger partial charge in [0.2, 0.25) is 5.91 Å². The van der Waals surface area contributed by atoms with Gasteiger partial charge in [-0.2, -0.15) is 0 Å². The van der Waals surface area contributed by atoms with Gasteiger partial charge in [-0.1, -0.05) is 24.6 Å². The second-order valence-corrected chi connectivity index (χ2v) is 9.55. The number of anilines is 2. The first-order valence-corrected chi connectivity index (χ1v) is 12.4. The number of hydrogen-bond acceptors (Lipinski definition) is 4. The van der Waals surface area contributed by atoms with Crippen molar-refractivity contribution in [2.24, 2.45) is 0 Å². The fourth-order valence-electron chi connectivity index (χ4n) is 4.54. The molecule has 0 aliphatic carbocycles. The highest BCUT2D eigenvalue weighted by atomic mass is 35.5. The molecule has 34 heavy (non-hydrogen) atoms. The van der Waals surface area contributed by atoms with E-state index in [0.29, 0.717) is 30.3 Å². The molecule has 7 nitrogen and oxygen atoms in total. The first-order valence-electron chi connectivity index (χ1n) is 12.0. The normalized spacial score (nSPS) is 20.5. The number of carbonyl (C=O) groups excluding carboxylic acids is 2. The molecular weight excluding hydrogens is 452 g/mol. The topological polar surface area (TPSA) is 73.9 Å². The van der Waals surface area contributed by atoms with Gasteiger partial charge in [0.05, 0.1) is 6.10 Å². The van der Waals surface area contributed by atoms with Crippen LogP contribution in [0.2, 0.25) is 5.02 Å². The number of fused-ring (bicyclic) bond motifs is 1. The van der Waals surface area contributed by atoms with Gasteiger partial charge in [-0.15, -0.1) is 0 Å². The summed E-state index contributed by atoms with van der Waals surface area (Å²) in [7, 11) is 2.13. The van der Waals surface area contributed by atoms with E-state index in [2.05, 4.69) is 34.7 Å². The lowest BCUT2D eigenvalue weighted by molar-refractivity contribution is -0.119. The Morgan fingerprint density at radius 1 is 1.03 bits per heavy atom. The summed E-state index contributed by atoms with van der Waals surface area (Å²) < 4.78 is 5.90. The summed E-state index contributed by atoms with van der Waals surface area (Å²) >= 11 is 5.95. The van der Waals surface area contributed by atoms with Gasteiger partial charge in [-0.3, -0.25) is 4.79 Å². The number of rotatable bonds is 6. The third-order valence-electron chi connectivity index (χ3n) is 6.48. The van der Waals surface area contributed by atoms with Crippen LogP contribution in [0.15, 0.2) is 42.5 Å². The van der Waals surface area contributed by atoms with Crippen LogP contribution in [-0.2, 0) is 22.4 Å². The Morgan fingerprint density at radius 3 is 2.47 bits per heavy atom. The van der Waals surface area contributed by atoms with Gasteiger partial charge in [0.15, 0.2) is 0 Å². The van der Waals surface area contributed by atoms with Crippen molar-refractivity contribution in [3.8, 4) is 0 Å². The standard InChI is InChI=1S/C26H33ClN4O3/c1-3-14-34-23-16-24(31(17-23)26(33)29-21-8-5-20(27)6-9-21)25(32)28-22-7-4-18-10-12-30(2)13-11-19(18)15-22/h4-9,15,23-24H,3,10-14,16-17H2,1-2H3,(H,28,32)(H,29,33)/t23?,24-/m1/s1. The van der Waals surface area contributed by atoms with E-state index >= 15 is 0 Å². The Kier molecular flexibility index (Phi) is 8.08. The van der Waals surface area contributed by atoms with E-state index in [1.807, 2.05) is 13.0 Å². The lowest BCUT2D eigenvalue weighted by Crippen LogP contribution is -2.45. The largest absolute Gasteiger partial charge is 0.376 e. The molecule has 2 aromatic rings. The fourth-order valence-corrected chi connectivity index (χ4v) is 4.67. The van der Waals surface area contributed by atoms with Crippen molar-refractivity contribution >= 4 is 34.9 Å². The molecule has 8 heteroatoms. The Morgan fingerprint density at radius 2 is 1.74 bits per heavy atom. The summed E-state index contributed by atoms with van der Waals surface area (Å²) in [5.74, 6) is -0.195. The maximum absolute atomic E-state index is 13.3. The van der Waals surface area contributed by atoms with E-state index in [9.17, 15) is 9.59 Å². The van der Waals surface area contributed by atoms with Gasteiger partial charge in [-0.05, 0) is 73.8 Å². The maximum atomic E-state index is 13.3. The maximum Gasteiger partial charge on any atom is 0.322 e. The first-order chi connectivity index (χ1) is 16.4. The van der Waals surface area contributed by atoms with Crippen LogP contribution in [0.5, 0.6) is 0 Å². The summed E-state index contributed by atoms with van der Waals surface area (Å²) in [5.41, 5.74) is 4.00. The highest BCUT2D eigenvalue weighted by molar-refractivity contribution is 6.30. The molecule has 182 valence electrons. The van der Waals surface area contributed by atoms with Crippen molar-refractivity contribution in [3.63, 3.8) is 0 Å². The van der Waals surface area contributed by atoms with Gasteiger partial charge in [0, 0.05) is 49.1 Å². The van der Waals surface area contributed by atoms with Gasteiger partial charge >= 0.3 is 6.03 Å². The molecule has 2 N–H and O–H groups in total. The molecule has 3 amide bonds. The summed E-state index contributed by atoms with van der Waals surface area (Å²) in [6, 6.07) is 12.1. The number of ether oxygens (including phenoxy) is 1. The zero-order valence-corrected chi connectivity index (χ0v) is 20.6. The van der Waals surface area contributed by atoms with E-state index in [1.54, 1.807) is 29.2 Å². The number of likely N-dealkylation sites (tertiary alicyclic amines) is 1. The minimum absolute atomic E-state index is 0.172. The number of benzene rings is 2. The van der Waals surface area contributed by atoms with Crippen molar-refractivity contribution in [1.82, 2.24) is 9.80 Å². The van der Waals surface area contributed by atoms with Crippen LogP contribution in [0, 0.1) is 0 Å². The minimum atomic E-state index is -0.612. The molecule has 2 aliphatic rings. The number of likely N-dealkylation sites (N-methyl/N-ethyl adjacent to an activating group) is 1. The van der Waals surface area contributed by atoms with Crippen molar-refractivity contribution in [2.75, 3.05) is 43.9 Å². The predicted octanol–water partition coefficient (Wildman–Crippen LogP) is 4.41. The van der Waals surface area contributed by atoms with E-state index in [1.165, 1.54) is 11.1 Å². The fraction of sp³-hybridized carbons (Fsp3) is 0.462. The molecule has 2 atom stereocenters. The molecule has 0 aromatic heterocycles. The zero-order chi connectivity index (χ0) is 24.1. The summed E-state index contributed by atoms with van der Waals surface area (Å²) in [4.78, 5) is 30.3. The second-order valence-electron chi connectivity index (χ2n) is 9.11. The van der Waals surface area contributed by atoms with Gasteiger partial charge in [0.25, 0.3) is 0 Å². The molecule has 0 radical (unpaired) electrons. The van der Waals surface area contributed by atoms with Crippen molar-refractivity contribution in [3.05, 3.63) is 58.6 Å². The van der Waals surface area contributed by atoms with E-state index in [-0.39, 0.29) is 18.0 Å². The molecule has 0 spiro atoms. The number of nitrogens with one attached hydrogen (secondary N) is 2. The quantitative estimate of drug-likeness (QED) is 0.637. The summed E-state index contributed by atoms with van der Waals surface area (Å²) in [6.45, 7) is 5.05. The lowest BCUT2D eigenvalue weighted by Gasteiger charge is -2.24. The summed E-state index contributed by atoms with van der Waals surface area (Å²) in [6.07, 6.45) is 3.15. The van der Waals surface area contributed by atoms with Gasteiger partial charge in [0.1, 0.15) is 6.04 Å². The van der Waals surface area contributed by atoms with Crippen LogP contribution in [0.3, 0.4) is 0 Å². The number of amides is 3. The SMILES string of the molecule is CCCOC1C[C@H](C(=O)Nc2ccc3c(c2)CCN(C)CC3)N(C(=O)Nc2ccc(Cl)cc2)C1. The van der Waals surface area contributed by atoms with Crippen molar-refractivity contribution < 1.29 is 14.3 Å². The molecule has 0 bridgehead atoms. The van der Waals surface area contributed by atoms with Crippen LogP contribution < -0.4 is 10.6 Å². The molecule has 0 saturated carbocycles. The average molecular weight is 485 g/mol. The number of hydrogen-bond donors (Lipinski definition) is 2. The van der Waals surface area contributed by atoms with Crippen LogP contribution in [0.25, 0.3) is 0 Å². The third kappa shape index (κ3) is 6.09. The second kappa shape index (κ2) is 11.2. The zero-order valence-electron chi connectivity index (χ0n) is 19.9. The molecule has 1 saturated heterocycles. The monoisotopic (exact) mass is 484 g/mol. The molecular formula is C26H33ClN4O3. The lowest BCUT2D eigenvalue weighted by atomic mass is 10.0. The predicted molar refractivity (Wildman–Crippen MR) is 136 cm³/mol. The van der Waals surface area contributed by atoms with Gasteiger partial charge < -0.3 is 25.2 Å². The molecule has 1 unspecified atom stereocenters. The molecule has 2 aliphatic heterocycles. The van der Waals surface area contributed by atoms with E-state index in [0.717, 1.165) is 38.0 Å². The smallest absolute Gasteiger partial charge is 0.322 e. The Bertz CT molecular complexity index is 1010.